The van der Waals surface area contributed by atoms with Crippen LogP contribution in [-0.4, -0.2) is 82.0 Å². The molecule has 1 saturated heterocycles. The second kappa shape index (κ2) is 15.0. The number of piperazine rings is 1. The van der Waals surface area contributed by atoms with Gasteiger partial charge in [0.1, 0.15) is 18.6 Å². The number of carbonyl (C=O) groups is 2. The van der Waals surface area contributed by atoms with Crippen LogP contribution in [0, 0.1) is 0 Å². The van der Waals surface area contributed by atoms with Crippen LogP contribution in [0.5, 0.6) is 5.75 Å². The lowest BCUT2D eigenvalue weighted by molar-refractivity contribution is -0.146. The van der Waals surface area contributed by atoms with E-state index in [1.54, 1.807) is 11.9 Å². The average Bonchev–Trinajstić information content (AvgIpc) is 2.92. The molecule has 2 aromatic rings. The van der Waals surface area contributed by atoms with Gasteiger partial charge in [-0.3, -0.25) is 4.90 Å². The van der Waals surface area contributed by atoms with Gasteiger partial charge >= 0.3 is 5.97 Å². The van der Waals surface area contributed by atoms with Crippen molar-refractivity contribution in [2.75, 3.05) is 69.5 Å². The van der Waals surface area contributed by atoms with Crippen LogP contribution in [-0.2, 0) is 20.7 Å². The number of carbonyl (C=O) groups excluding carboxylic acids is 2. The number of aryl methyl sites for hydroxylation is 1. The van der Waals surface area contributed by atoms with Crippen LogP contribution in [0.3, 0.4) is 0 Å². The monoisotopic (exact) mass is 551 g/mol. The van der Waals surface area contributed by atoms with E-state index in [1.165, 1.54) is 0 Å². The van der Waals surface area contributed by atoms with E-state index in [-0.39, 0.29) is 6.73 Å². The molecule has 0 unspecified atom stereocenters. The summed E-state index contributed by atoms with van der Waals surface area (Å²) in [5.74, 6) is 0.0283. The zero-order chi connectivity index (χ0) is 26.6. The van der Waals surface area contributed by atoms with Crippen molar-refractivity contribution in [1.29, 1.82) is 0 Å². The molecule has 1 aliphatic heterocycles. The minimum absolute atomic E-state index is 0.00623. The summed E-state index contributed by atoms with van der Waals surface area (Å²) < 4.78 is 11.0. The minimum Gasteiger partial charge on any atom is -0.494 e. The molecule has 0 spiro atoms. The molecule has 3 rings (SSSR count). The quantitative estimate of drug-likeness (QED) is 0.163. The number of anilines is 2. The molecule has 1 N–H and O–H groups in total. The molecule has 0 amide bonds. The molecular weight excluding hydrogens is 517 g/mol. The van der Waals surface area contributed by atoms with Gasteiger partial charge in [0, 0.05) is 51.4 Å². The number of esters is 1. The van der Waals surface area contributed by atoms with Crippen molar-refractivity contribution in [3.05, 3.63) is 52.0 Å². The maximum absolute atomic E-state index is 11.3. The third-order valence-electron chi connectivity index (χ3n) is 6.33. The first-order valence-electron chi connectivity index (χ1n) is 12.5. The Morgan fingerprint density at radius 1 is 1.14 bits per heavy atom. The fraction of sp³-hybridized carbons (Fsp3) is 0.481. The number of halogens is 2. The number of rotatable bonds is 14. The summed E-state index contributed by atoms with van der Waals surface area (Å²) in [5.41, 5.74) is 2.78. The molecule has 0 aromatic heterocycles. The van der Waals surface area contributed by atoms with Gasteiger partial charge in [0.05, 0.1) is 22.3 Å². The molecule has 1 aliphatic rings. The summed E-state index contributed by atoms with van der Waals surface area (Å²) in [6.07, 6.45) is 3.81. The summed E-state index contributed by atoms with van der Waals surface area (Å²) in [6.45, 7) is 4.71. The molecule has 0 atom stereocenters. The number of nitrogens with zero attached hydrogens (tertiary/aromatic N) is 3. The third-order valence-corrected chi connectivity index (χ3v) is 7.14. The lowest BCUT2D eigenvalue weighted by Gasteiger charge is -2.36. The van der Waals surface area contributed by atoms with Gasteiger partial charge in [-0.1, -0.05) is 35.3 Å². The number of ether oxygens (including phenoxy) is 2. The average molecular weight is 552 g/mol. The van der Waals surface area contributed by atoms with Gasteiger partial charge in [-0.05, 0) is 49.6 Å². The Kier molecular flexibility index (Phi) is 11.8. The summed E-state index contributed by atoms with van der Waals surface area (Å²) in [6, 6.07) is 11.5. The number of hydrogen-bond acceptors (Lipinski definition) is 8. The predicted molar refractivity (Wildman–Crippen MR) is 147 cm³/mol. The molecule has 202 valence electrons. The molecule has 0 bridgehead atoms. The van der Waals surface area contributed by atoms with E-state index in [1.807, 2.05) is 36.4 Å². The molecule has 10 heteroatoms. The Bertz CT molecular complexity index is 1030. The van der Waals surface area contributed by atoms with E-state index in [0.29, 0.717) is 29.5 Å². The highest BCUT2D eigenvalue weighted by Crippen LogP contribution is 2.33. The van der Waals surface area contributed by atoms with Crippen LogP contribution in [0.15, 0.2) is 36.4 Å². The van der Waals surface area contributed by atoms with Crippen molar-refractivity contribution >= 4 is 46.8 Å². The molecule has 8 nitrogen and oxygen atoms in total. The molecule has 0 radical (unpaired) electrons. The summed E-state index contributed by atoms with van der Waals surface area (Å²) >= 11 is 12.5. The van der Waals surface area contributed by atoms with Gasteiger partial charge in [0.25, 0.3) is 0 Å². The summed E-state index contributed by atoms with van der Waals surface area (Å²) in [7, 11) is 1.79. The molecular formula is C27H35Cl2N3O5. The van der Waals surface area contributed by atoms with Crippen molar-refractivity contribution in [3.8, 4) is 5.75 Å². The van der Waals surface area contributed by atoms with E-state index in [4.69, 9.17) is 37.8 Å². The van der Waals surface area contributed by atoms with Crippen molar-refractivity contribution in [3.63, 3.8) is 0 Å². The second-order valence-electron chi connectivity index (χ2n) is 8.95. The number of benzene rings is 2. The fourth-order valence-corrected chi connectivity index (χ4v) is 4.69. The standard InChI is InChI=1S/C27H35Cl2N3O5/c1-30(20-37-26(35)19-34)25-18-22(10-9-21(25)6-5-16-33)36-17-3-2-11-31-12-14-32(15-13-31)24-8-4-7-23(28)27(24)29/h4,7-10,16,18,34H,2-3,5-6,11-15,17,19-20H2,1H3. The highest BCUT2D eigenvalue weighted by molar-refractivity contribution is 6.43. The summed E-state index contributed by atoms with van der Waals surface area (Å²) in [4.78, 5) is 28.7. The van der Waals surface area contributed by atoms with E-state index in [2.05, 4.69) is 9.80 Å². The predicted octanol–water partition coefficient (Wildman–Crippen LogP) is 4.04. The van der Waals surface area contributed by atoms with Gasteiger partial charge < -0.3 is 29.2 Å². The van der Waals surface area contributed by atoms with Crippen molar-refractivity contribution in [2.45, 2.75) is 25.7 Å². The van der Waals surface area contributed by atoms with Crippen LogP contribution >= 0.6 is 23.2 Å². The number of unbranched alkanes of at least 4 members (excludes halogenated alkanes) is 1. The number of aliphatic hydroxyl groups excluding tert-OH is 1. The van der Waals surface area contributed by atoms with Crippen LogP contribution in [0.4, 0.5) is 11.4 Å². The number of aldehydes is 1. The fourth-order valence-electron chi connectivity index (χ4n) is 4.28. The highest BCUT2D eigenvalue weighted by atomic mass is 35.5. The first-order chi connectivity index (χ1) is 17.9. The van der Waals surface area contributed by atoms with Crippen LogP contribution in [0.2, 0.25) is 10.0 Å². The SMILES string of the molecule is CN(COC(=O)CO)c1cc(OCCCCN2CCN(c3cccc(Cl)c3Cl)CC2)ccc1CCC=O. The van der Waals surface area contributed by atoms with E-state index in [9.17, 15) is 9.59 Å². The first kappa shape index (κ1) is 29.0. The maximum atomic E-state index is 11.3. The number of hydrogen-bond donors (Lipinski definition) is 1. The van der Waals surface area contributed by atoms with Gasteiger partial charge in [-0.2, -0.15) is 0 Å². The Morgan fingerprint density at radius 2 is 1.92 bits per heavy atom. The topological polar surface area (TPSA) is 82.6 Å². The van der Waals surface area contributed by atoms with Gasteiger partial charge in [0.15, 0.2) is 6.73 Å². The third kappa shape index (κ3) is 8.78. The smallest absolute Gasteiger partial charge is 0.333 e. The second-order valence-corrected chi connectivity index (χ2v) is 9.74. The van der Waals surface area contributed by atoms with Crippen molar-refractivity contribution < 1.29 is 24.2 Å². The molecule has 0 aliphatic carbocycles. The van der Waals surface area contributed by atoms with E-state index < -0.39 is 12.6 Å². The lowest BCUT2D eigenvalue weighted by atomic mass is 10.1. The molecule has 0 saturated carbocycles. The van der Waals surface area contributed by atoms with Crippen LogP contribution < -0.4 is 14.5 Å². The van der Waals surface area contributed by atoms with Gasteiger partial charge in [0.2, 0.25) is 0 Å². The number of aliphatic hydroxyl groups is 1. The Balaban J connectivity index is 1.43. The van der Waals surface area contributed by atoms with Crippen molar-refractivity contribution in [2.24, 2.45) is 0 Å². The van der Waals surface area contributed by atoms with Gasteiger partial charge in [-0.15, -0.1) is 0 Å². The maximum Gasteiger partial charge on any atom is 0.333 e. The Hall–Kier alpha value is -2.52. The van der Waals surface area contributed by atoms with Gasteiger partial charge in [-0.25, -0.2) is 4.79 Å². The summed E-state index contributed by atoms with van der Waals surface area (Å²) in [5, 5.41) is 10.1. The molecule has 1 heterocycles. The van der Waals surface area contributed by atoms with Crippen molar-refractivity contribution in [1.82, 2.24) is 4.90 Å². The van der Waals surface area contributed by atoms with E-state index in [0.717, 1.165) is 74.5 Å². The Morgan fingerprint density at radius 3 is 2.65 bits per heavy atom. The zero-order valence-corrected chi connectivity index (χ0v) is 22.7. The first-order valence-corrected chi connectivity index (χ1v) is 13.3. The lowest BCUT2D eigenvalue weighted by Crippen LogP contribution is -2.46. The molecule has 37 heavy (non-hydrogen) atoms. The molecule has 1 fully saturated rings. The minimum atomic E-state index is -0.691. The zero-order valence-electron chi connectivity index (χ0n) is 21.2. The van der Waals surface area contributed by atoms with Crippen LogP contribution in [0.1, 0.15) is 24.8 Å². The normalized spacial score (nSPS) is 13.9. The van der Waals surface area contributed by atoms with Crippen LogP contribution in [0.25, 0.3) is 0 Å². The van der Waals surface area contributed by atoms with E-state index >= 15 is 0 Å². The Labute approximate surface area is 228 Å². The highest BCUT2D eigenvalue weighted by Gasteiger charge is 2.19. The largest absolute Gasteiger partial charge is 0.494 e. The molecule has 2 aromatic carbocycles.